The van der Waals surface area contributed by atoms with Gasteiger partial charge in [0.1, 0.15) is 0 Å². The number of benzene rings is 1. The highest BCUT2D eigenvalue weighted by molar-refractivity contribution is 5.84. The molecular formula is C19H24N2. The molecule has 2 nitrogen and oxygen atoms in total. The summed E-state index contributed by atoms with van der Waals surface area (Å²) >= 11 is 0. The fourth-order valence-corrected chi connectivity index (χ4v) is 4.17. The Balaban J connectivity index is 1.77. The van der Waals surface area contributed by atoms with E-state index in [1.54, 1.807) is 5.56 Å². The average molecular weight is 280 g/mol. The number of nitrogens with zero attached hydrogens (tertiary/aromatic N) is 1. The highest BCUT2D eigenvalue weighted by Crippen LogP contribution is 2.38. The van der Waals surface area contributed by atoms with Crippen molar-refractivity contribution in [3.05, 3.63) is 47.8 Å². The van der Waals surface area contributed by atoms with Crippen molar-refractivity contribution >= 4 is 10.9 Å². The molecule has 2 bridgehead atoms. The lowest BCUT2D eigenvalue weighted by Gasteiger charge is -2.39. The van der Waals surface area contributed by atoms with E-state index in [0.29, 0.717) is 5.41 Å². The molecule has 0 saturated carbocycles. The van der Waals surface area contributed by atoms with Crippen LogP contribution in [0.15, 0.2) is 36.5 Å². The zero-order chi connectivity index (χ0) is 14.3. The van der Waals surface area contributed by atoms with Gasteiger partial charge in [-0.15, -0.1) is 0 Å². The van der Waals surface area contributed by atoms with Crippen LogP contribution in [-0.2, 0) is 12.8 Å². The Morgan fingerprint density at radius 1 is 1.24 bits per heavy atom. The molecule has 3 heterocycles. The predicted octanol–water partition coefficient (Wildman–Crippen LogP) is 4.27. The Bertz CT molecular complexity index is 682. The van der Waals surface area contributed by atoms with E-state index in [1.165, 1.54) is 48.8 Å². The van der Waals surface area contributed by atoms with E-state index in [2.05, 4.69) is 53.3 Å². The minimum atomic E-state index is 0.480. The van der Waals surface area contributed by atoms with Gasteiger partial charge >= 0.3 is 0 Å². The summed E-state index contributed by atoms with van der Waals surface area (Å²) in [4.78, 5) is 6.24. The van der Waals surface area contributed by atoms with Crippen LogP contribution in [0.5, 0.6) is 0 Å². The van der Waals surface area contributed by atoms with Crippen molar-refractivity contribution in [2.24, 2.45) is 5.41 Å². The van der Waals surface area contributed by atoms with Crippen LogP contribution in [0.3, 0.4) is 0 Å². The van der Waals surface area contributed by atoms with E-state index in [-0.39, 0.29) is 0 Å². The summed E-state index contributed by atoms with van der Waals surface area (Å²) < 4.78 is 0. The number of aromatic nitrogens is 1. The Morgan fingerprint density at radius 3 is 3.05 bits per heavy atom. The molecule has 1 atom stereocenters. The molecule has 0 amide bonds. The van der Waals surface area contributed by atoms with E-state index >= 15 is 0 Å². The SMILES string of the molecule is CC[C@@]12CC=CN(CCc3c([nH]c4ccccc34)CC1)C2. The second-order valence-electron chi connectivity index (χ2n) is 6.79. The highest BCUT2D eigenvalue weighted by atomic mass is 15.1. The van der Waals surface area contributed by atoms with Crippen LogP contribution >= 0.6 is 0 Å². The van der Waals surface area contributed by atoms with Gasteiger partial charge in [0.25, 0.3) is 0 Å². The van der Waals surface area contributed by atoms with Crippen molar-refractivity contribution in [3.8, 4) is 0 Å². The molecule has 110 valence electrons. The van der Waals surface area contributed by atoms with Crippen LogP contribution in [0.1, 0.15) is 37.4 Å². The molecule has 4 rings (SSSR count). The molecule has 2 heteroatoms. The molecule has 2 aromatic rings. The summed E-state index contributed by atoms with van der Waals surface area (Å²) in [7, 11) is 0. The third kappa shape index (κ3) is 2.17. The summed E-state index contributed by atoms with van der Waals surface area (Å²) in [5, 5.41) is 1.43. The van der Waals surface area contributed by atoms with Crippen molar-refractivity contribution < 1.29 is 0 Å². The standard InChI is InChI=1S/C19H24N2/c1-2-19-10-5-12-21(14-19)13-9-16-15-6-3-4-7-17(15)20-18(16)8-11-19/h3-7,12,20H,2,8-11,13-14H2,1H3/t19-/m1/s1. The number of hydrogen-bond donors (Lipinski definition) is 1. The monoisotopic (exact) mass is 280 g/mol. The van der Waals surface area contributed by atoms with Crippen LogP contribution in [0.4, 0.5) is 0 Å². The molecule has 2 aliphatic rings. The number of fused-ring (bicyclic) bond motifs is 5. The van der Waals surface area contributed by atoms with Crippen LogP contribution in [-0.4, -0.2) is 23.0 Å². The number of aryl methyl sites for hydroxylation is 1. The van der Waals surface area contributed by atoms with Crippen LogP contribution in [0.2, 0.25) is 0 Å². The lowest BCUT2D eigenvalue weighted by Crippen LogP contribution is -2.38. The molecule has 0 aliphatic carbocycles. The van der Waals surface area contributed by atoms with Gasteiger partial charge in [-0.05, 0) is 55.3 Å². The van der Waals surface area contributed by atoms with Crippen molar-refractivity contribution in [2.45, 2.75) is 39.0 Å². The zero-order valence-corrected chi connectivity index (χ0v) is 12.9. The quantitative estimate of drug-likeness (QED) is 0.826. The fourth-order valence-electron chi connectivity index (χ4n) is 4.17. The highest BCUT2D eigenvalue weighted by Gasteiger charge is 2.32. The number of hydrogen-bond acceptors (Lipinski definition) is 1. The van der Waals surface area contributed by atoms with Crippen LogP contribution < -0.4 is 0 Å². The van der Waals surface area contributed by atoms with E-state index in [9.17, 15) is 0 Å². The molecule has 1 aromatic carbocycles. The van der Waals surface area contributed by atoms with Gasteiger partial charge in [0.15, 0.2) is 0 Å². The van der Waals surface area contributed by atoms with Crippen molar-refractivity contribution in [3.63, 3.8) is 0 Å². The van der Waals surface area contributed by atoms with Crippen LogP contribution in [0, 0.1) is 5.41 Å². The maximum absolute atomic E-state index is 3.69. The molecular weight excluding hydrogens is 256 g/mol. The lowest BCUT2D eigenvalue weighted by molar-refractivity contribution is 0.158. The first-order chi connectivity index (χ1) is 10.3. The number of aromatic amines is 1. The Kier molecular flexibility index (Phi) is 3.06. The van der Waals surface area contributed by atoms with Gasteiger partial charge in [0, 0.05) is 29.7 Å². The molecule has 0 fully saturated rings. The minimum Gasteiger partial charge on any atom is -0.377 e. The van der Waals surface area contributed by atoms with E-state index < -0.39 is 0 Å². The summed E-state index contributed by atoms with van der Waals surface area (Å²) in [6.07, 6.45) is 10.9. The Hall–Kier alpha value is -1.70. The first-order valence-electron chi connectivity index (χ1n) is 8.29. The van der Waals surface area contributed by atoms with Gasteiger partial charge < -0.3 is 9.88 Å². The molecule has 21 heavy (non-hydrogen) atoms. The summed E-state index contributed by atoms with van der Waals surface area (Å²) in [6, 6.07) is 8.78. The van der Waals surface area contributed by atoms with Crippen LogP contribution in [0.25, 0.3) is 10.9 Å². The Labute approximate surface area is 126 Å². The topological polar surface area (TPSA) is 19.0 Å². The molecule has 0 saturated heterocycles. The second-order valence-corrected chi connectivity index (χ2v) is 6.79. The molecule has 1 aromatic heterocycles. The largest absolute Gasteiger partial charge is 0.377 e. The van der Waals surface area contributed by atoms with Gasteiger partial charge in [-0.25, -0.2) is 0 Å². The van der Waals surface area contributed by atoms with Gasteiger partial charge in [0.05, 0.1) is 0 Å². The van der Waals surface area contributed by atoms with E-state index in [1.807, 2.05) is 0 Å². The maximum atomic E-state index is 3.69. The van der Waals surface area contributed by atoms with Crippen molar-refractivity contribution in [1.82, 2.24) is 9.88 Å². The third-order valence-corrected chi connectivity index (χ3v) is 5.61. The normalized spacial score (nSPS) is 25.3. The number of para-hydroxylation sites is 1. The second kappa shape index (κ2) is 4.94. The molecule has 0 spiro atoms. The third-order valence-electron chi connectivity index (χ3n) is 5.61. The number of allylic oxidation sites excluding steroid dienone is 1. The van der Waals surface area contributed by atoms with Gasteiger partial charge in [0.2, 0.25) is 0 Å². The first-order valence-corrected chi connectivity index (χ1v) is 8.29. The molecule has 0 unspecified atom stereocenters. The van der Waals surface area contributed by atoms with E-state index in [4.69, 9.17) is 0 Å². The minimum absolute atomic E-state index is 0.480. The van der Waals surface area contributed by atoms with E-state index in [0.717, 1.165) is 13.0 Å². The van der Waals surface area contributed by atoms with Gasteiger partial charge in [-0.3, -0.25) is 0 Å². The molecule has 1 N–H and O–H groups in total. The molecule has 0 radical (unpaired) electrons. The van der Waals surface area contributed by atoms with Crippen molar-refractivity contribution in [1.29, 1.82) is 0 Å². The summed E-state index contributed by atoms with van der Waals surface area (Å²) in [5.41, 5.74) is 4.83. The molecule has 2 aliphatic heterocycles. The maximum Gasteiger partial charge on any atom is 0.0458 e. The van der Waals surface area contributed by atoms with Gasteiger partial charge in [-0.1, -0.05) is 31.2 Å². The fraction of sp³-hybridized carbons (Fsp3) is 0.474. The lowest BCUT2D eigenvalue weighted by atomic mass is 9.75. The summed E-state index contributed by atoms with van der Waals surface area (Å²) in [5.74, 6) is 0. The first kappa shape index (κ1) is 13.0. The summed E-state index contributed by atoms with van der Waals surface area (Å²) in [6.45, 7) is 4.75. The zero-order valence-electron chi connectivity index (χ0n) is 12.9. The Morgan fingerprint density at radius 2 is 2.14 bits per heavy atom. The van der Waals surface area contributed by atoms with Gasteiger partial charge in [-0.2, -0.15) is 0 Å². The number of H-pyrrole nitrogens is 1. The smallest absolute Gasteiger partial charge is 0.0458 e. The average Bonchev–Trinajstić information content (AvgIpc) is 2.90. The number of rotatable bonds is 1. The predicted molar refractivity (Wildman–Crippen MR) is 88.4 cm³/mol. The van der Waals surface area contributed by atoms with Crippen molar-refractivity contribution in [2.75, 3.05) is 13.1 Å². The number of nitrogens with one attached hydrogen (secondary N) is 1.